The molecule has 0 spiro atoms. The smallest absolute Gasteiger partial charge is 0.166 e. The molecule has 6 heteroatoms. The molecule has 0 aromatic heterocycles. The maximum atomic E-state index is 13.7. The molecule has 0 heterocycles. The van der Waals surface area contributed by atoms with Crippen molar-refractivity contribution in [2.45, 2.75) is 48.0 Å². The molecule has 0 aliphatic carbocycles. The zero-order chi connectivity index (χ0) is 21.0. The summed E-state index contributed by atoms with van der Waals surface area (Å²) in [6, 6.07) is 5.66. The van der Waals surface area contributed by atoms with E-state index >= 15 is 0 Å². The quantitative estimate of drug-likeness (QED) is 0.443. The fourth-order valence-corrected chi connectivity index (χ4v) is 2.67. The average Bonchev–Trinajstić information content (AvgIpc) is 2.61. The molecule has 2 rings (SSSR count). The normalized spacial score (nSPS) is 9.56. The van der Waals surface area contributed by atoms with E-state index in [1.807, 2.05) is 27.7 Å². The molecular weight excluding hydrogens is 393 g/mol. The Morgan fingerprint density at radius 3 is 1.33 bits per heavy atom. The molecule has 2 aromatic rings. The first-order valence-corrected chi connectivity index (χ1v) is 9.81. The average molecular weight is 421 g/mol. The van der Waals surface area contributed by atoms with Crippen LogP contribution in [0.2, 0.25) is 10.0 Å². The van der Waals surface area contributed by atoms with E-state index in [4.69, 9.17) is 32.7 Å². The summed E-state index contributed by atoms with van der Waals surface area (Å²) in [4.78, 5) is 0. The molecule has 0 N–H and O–H groups in total. The Morgan fingerprint density at radius 2 is 1.04 bits per heavy atom. The highest BCUT2D eigenvalue weighted by Gasteiger charge is 2.10. The van der Waals surface area contributed by atoms with Gasteiger partial charge in [-0.15, -0.1) is 0 Å². The first-order chi connectivity index (χ1) is 12.9. The summed E-state index contributed by atoms with van der Waals surface area (Å²) in [6.45, 7) is 11.9. The number of benzene rings is 2. The van der Waals surface area contributed by atoms with Gasteiger partial charge in [0.25, 0.3) is 0 Å². The monoisotopic (exact) mass is 420 g/mol. The van der Waals surface area contributed by atoms with E-state index in [1.54, 1.807) is 26.0 Å². The Labute approximate surface area is 171 Å². The minimum absolute atomic E-state index is 0.170. The lowest BCUT2D eigenvalue weighted by atomic mass is 10.2. The van der Waals surface area contributed by atoms with Crippen molar-refractivity contribution < 1.29 is 18.3 Å². The molecule has 2 nitrogen and oxygen atoms in total. The van der Waals surface area contributed by atoms with Crippen LogP contribution in [-0.4, -0.2) is 13.2 Å². The Balaban J connectivity index is 0.00000158. The largest absolute Gasteiger partial charge is 0.490 e. The molecule has 0 aliphatic rings. The van der Waals surface area contributed by atoms with Crippen molar-refractivity contribution in [3.05, 3.63) is 57.1 Å². The van der Waals surface area contributed by atoms with Crippen LogP contribution in [0.4, 0.5) is 8.78 Å². The molecule has 0 unspecified atom stereocenters. The lowest BCUT2D eigenvalue weighted by molar-refractivity contribution is 0.234. The highest BCUT2D eigenvalue weighted by molar-refractivity contribution is 6.31. The van der Waals surface area contributed by atoms with Crippen LogP contribution in [0.25, 0.3) is 0 Å². The second-order valence-corrected chi connectivity index (χ2v) is 5.99. The third kappa shape index (κ3) is 8.35. The van der Waals surface area contributed by atoms with Crippen LogP contribution in [0.3, 0.4) is 0 Å². The van der Waals surface area contributed by atoms with Crippen molar-refractivity contribution in [1.29, 1.82) is 0 Å². The number of hydrogen-bond donors (Lipinski definition) is 0. The fourth-order valence-electron chi connectivity index (χ4n) is 2.15. The summed E-state index contributed by atoms with van der Waals surface area (Å²) in [5.74, 6) is -0.669. The zero-order valence-corrected chi connectivity index (χ0v) is 18.3. The Hall–Kier alpha value is -1.52. The summed E-state index contributed by atoms with van der Waals surface area (Å²) >= 11 is 11.5. The van der Waals surface area contributed by atoms with E-state index in [-0.39, 0.29) is 24.7 Å². The van der Waals surface area contributed by atoms with Crippen molar-refractivity contribution in [2.75, 3.05) is 13.2 Å². The van der Waals surface area contributed by atoms with Crippen molar-refractivity contribution >= 4 is 23.2 Å². The first-order valence-electron chi connectivity index (χ1n) is 9.05. The second kappa shape index (κ2) is 13.6. The minimum atomic E-state index is -0.504. The number of rotatable bonds is 6. The van der Waals surface area contributed by atoms with Crippen LogP contribution in [-0.2, 0) is 0 Å². The molecule has 0 atom stereocenters. The molecule has 0 aliphatic heterocycles. The molecule has 0 saturated heterocycles. The number of aryl methyl sites for hydroxylation is 2. The predicted molar refractivity (Wildman–Crippen MR) is 111 cm³/mol. The molecule has 0 radical (unpaired) electrons. The second-order valence-electron chi connectivity index (χ2n) is 5.12. The predicted octanol–water partition coefficient (Wildman–Crippen LogP) is 7.79. The topological polar surface area (TPSA) is 18.5 Å². The van der Waals surface area contributed by atoms with Gasteiger partial charge in [-0.25, -0.2) is 8.78 Å². The lowest BCUT2D eigenvalue weighted by Crippen LogP contribution is -2.08. The van der Waals surface area contributed by atoms with E-state index in [0.717, 1.165) is 0 Å². The maximum absolute atomic E-state index is 13.7. The van der Waals surface area contributed by atoms with Crippen LogP contribution < -0.4 is 9.47 Å². The van der Waals surface area contributed by atoms with Crippen LogP contribution in [0.5, 0.6) is 11.5 Å². The van der Waals surface area contributed by atoms with Crippen LogP contribution in [0.1, 0.15) is 45.2 Å². The van der Waals surface area contributed by atoms with Crippen molar-refractivity contribution in [3.8, 4) is 11.5 Å². The molecular formula is C21H28Cl2F2O2. The van der Waals surface area contributed by atoms with E-state index in [9.17, 15) is 8.78 Å². The van der Waals surface area contributed by atoms with Crippen molar-refractivity contribution in [3.63, 3.8) is 0 Å². The van der Waals surface area contributed by atoms with Gasteiger partial charge < -0.3 is 9.47 Å². The van der Waals surface area contributed by atoms with Gasteiger partial charge in [0.05, 0.1) is 13.2 Å². The molecule has 0 bridgehead atoms. The van der Waals surface area contributed by atoms with Gasteiger partial charge in [-0.05, 0) is 49.2 Å². The van der Waals surface area contributed by atoms with Gasteiger partial charge in [-0.1, -0.05) is 50.9 Å². The fraction of sp³-hybridized carbons (Fsp3) is 0.429. The highest BCUT2D eigenvalue weighted by atomic mass is 35.5. The summed E-state index contributed by atoms with van der Waals surface area (Å²) in [5, 5.41) is 0.647. The highest BCUT2D eigenvalue weighted by Crippen LogP contribution is 2.27. The molecule has 0 amide bonds. The van der Waals surface area contributed by atoms with Gasteiger partial charge in [0.2, 0.25) is 0 Å². The Bertz CT molecular complexity index is 601. The van der Waals surface area contributed by atoms with Gasteiger partial charge in [0, 0.05) is 16.5 Å². The molecule has 0 saturated carbocycles. The minimum Gasteiger partial charge on any atom is -0.490 e. The third-order valence-electron chi connectivity index (χ3n) is 3.17. The van der Waals surface area contributed by atoms with Crippen molar-refractivity contribution in [2.24, 2.45) is 0 Å². The molecule has 0 fully saturated rings. The Morgan fingerprint density at radius 1 is 0.704 bits per heavy atom. The lowest BCUT2D eigenvalue weighted by Gasteiger charge is -2.12. The third-order valence-corrected chi connectivity index (χ3v) is 3.61. The van der Waals surface area contributed by atoms with E-state index in [0.29, 0.717) is 27.6 Å². The number of halogens is 4. The SMILES string of the molecule is CC.CC.Cc1cc(Cl)cc(F)c1OCCCOc1c(C)cc(Cl)cc1F. The van der Waals surface area contributed by atoms with E-state index < -0.39 is 11.6 Å². The van der Waals surface area contributed by atoms with Crippen LogP contribution >= 0.6 is 23.2 Å². The zero-order valence-electron chi connectivity index (χ0n) is 16.8. The van der Waals surface area contributed by atoms with Gasteiger partial charge >= 0.3 is 0 Å². The number of ether oxygens (including phenoxy) is 2. The van der Waals surface area contributed by atoms with Gasteiger partial charge in [-0.3, -0.25) is 0 Å². The maximum Gasteiger partial charge on any atom is 0.166 e. The van der Waals surface area contributed by atoms with Gasteiger partial charge in [0.15, 0.2) is 23.1 Å². The van der Waals surface area contributed by atoms with E-state index in [1.165, 1.54) is 12.1 Å². The van der Waals surface area contributed by atoms with Gasteiger partial charge in [-0.2, -0.15) is 0 Å². The molecule has 27 heavy (non-hydrogen) atoms. The summed E-state index contributed by atoms with van der Waals surface area (Å²) in [5.41, 5.74) is 1.24. The summed E-state index contributed by atoms with van der Waals surface area (Å²) in [6.07, 6.45) is 0.475. The molecule has 152 valence electrons. The van der Waals surface area contributed by atoms with Gasteiger partial charge in [0.1, 0.15) is 0 Å². The standard InChI is InChI=1S/C17H16Cl2F2O2.2C2H6/c1-10-6-12(18)8-14(20)16(10)22-4-3-5-23-17-11(2)7-13(19)9-15(17)21;2*1-2/h6-9H,3-5H2,1-2H3;2*1-2H3. The van der Waals surface area contributed by atoms with Crippen LogP contribution in [0, 0.1) is 25.5 Å². The number of hydrogen-bond acceptors (Lipinski definition) is 2. The molecule has 2 aromatic carbocycles. The van der Waals surface area contributed by atoms with Crippen LogP contribution in [0.15, 0.2) is 24.3 Å². The van der Waals surface area contributed by atoms with E-state index in [2.05, 4.69) is 0 Å². The summed E-state index contributed by atoms with van der Waals surface area (Å²) < 4.78 is 38.3. The van der Waals surface area contributed by atoms with Crippen molar-refractivity contribution in [1.82, 2.24) is 0 Å². The summed E-state index contributed by atoms with van der Waals surface area (Å²) in [7, 11) is 0. The Kier molecular flexibility index (Phi) is 12.9. The first kappa shape index (κ1) is 25.5.